The van der Waals surface area contributed by atoms with Crippen molar-refractivity contribution in [1.82, 2.24) is 4.48 Å². The Labute approximate surface area is 109 Å². The number of benzene rings is 1. The number of ether oxygens (including phenoxy) is 2. The van der Waals surface area contributed by atoms with Crippen LogP contribution in [0.4, 0.5) is 5.69 Å². The van der Waals surface area contributed by atoms with Gasteiger partial charge in [-0.1, -0.05) is 0 Å². The van der Waals surface area contributed by atoms with Crippen LogP contribution >= 0.6 is 0 Å². The van der Waals surface area contributed by atoms with Crippen LogP contribution in [0.5, 0.6) is 11.5 Å². The van der Waals surface area contributed by atoms with Gasteiger partial charge in [0.25, 0.3) is 0 Å². The van der Waals surface area contributed by atoms with Crippen LogP contribution in [0.25, 0.3) is 0 Å². The first kappa shape index (κ1) is 14.6. The summed E-state index contributed by atoms with van der Waals surface area (Å²) in [5.74, 6) is 1.74. The normalized spacial score (nSPS) is 10.5. The second-order valence-electron chi connectivity index (χ2n) is 4.05. The van der Waals surface area contributed by atoms with Crippen molar-refractivity contribution in [1.29, 1.82) is 0 Å². The van der Waals surface area contributed by atoms with Crippen molar-refractivity contribution in [3.8, 4) is 11.5 Å². The first-order valence-electron chi connectivity index (χ1n) is 4.53. The predicted molar refractivity (Wildman–Crippen MR) is 70.4 cm³/mol. The van der Waals surface area contributed by atoms with Crippen LogP contribution in [0.3, 0.4) is 0 Å². The van der Waals surface area contributed by atoms with Crippen LogP contribution in [-0.4, -0.2) is 59.3 Å². The van der Waals surface area contributed by atoms with E-state index in [0.717, 1.165) is 17.2 Å². The molecule has 0 atom stereocenters. The van der Waals surface area contributed by atoms with Crippen LogP contribution < -0.4 is 14.0 Å². The van der Waals surface area contributed by atoms with E-state index in [0.29, 0.717) is 4.48 Å². The Morgan fingerprint density at radius 2 is 1.60 bits per heavy atom. The Morgan fingerprint density at radius 3 is 2.00 bits per heavy atom. The van der Waals surface area contributed by atoms with Crippen molar-refractivity contribution in [3.63, 3.8) is 0 Å². The molecule has 0 N–H and O–H groups in total. The molecule has 0 amide bonds. The average molecular weight is 319 g/mol. The summed E-state index contributed by atoms with van der Waals surface area (Å²) < 4.78 is 11.2. The Morgan fingerprint density at radius 1 is 1.00 bits per heavy atom. The summed E-state index contributed by atoms with van der Waals surface area (Å²) in [6.45, 7) is 0. The SMILES string of the molecule is COc1ccc(OC)c([N+](C)(C)C)c1.[SnH4]. The monoisotopic (exact) mass is 320 g/mol. The fourth-order valence-electron chi connectivity index (χ4n) is 1.32. The van der Waals surface area contributed by atoms with Crippen LogP contribution in [0.2, 0.25) is 0 Å². The van der Waals surface area contributed by atoms with E-state index in [-0.39, 0.29) is 23.9 Å². The quantitative estimate of drug-likeness (QED) is 0.595. The van der Waals surface area contributed by atoms with Gasteiger partial charge in [-0.15, -0.1) is 0 Å². The molecule has 0 saturated carbocycles. The maximum atomic E-state index is 5.30. The second-order valence-corrected chi connectivity index (χ2v) is 4.05. The molecule has 0 heterocycles. The zero-order valence-electron chi connectivity index (χ0n) is 9.50. The van der Waals surface area contributed by atoms with Crippen molar-refractivity contribution in [2.45, 2.75) is 0 Å². The van der Waals surface area contributed by atoms with E-state index in [1.54, 1.807) is 14.2 Å². The van der Waals surface area contributed by atoms with Gasteiger partial charge in [0.15, 0.2) is 11.4 Å². The molecule has 15 heavy (non-hydrogen) atoms. The van der Waals surface area contributed by atoms with E-state index in [2.05, 4.69) is 21.1 Å². The average Bonchev–Trinajstić information content (AvgIpc) is 2.15. The number of rotatable bonds is 3. The minimum atomic E-state index is 0. The van der Waals surface area contributed by atoms with Crippen LogP contribution in [0, 0.1) is 0 Å². The Kier molecular flexibility index (Phi) is 5.45. The Hall–Kier alpha value is -0.421. The van der Waals surface area contributed by atoms with Crippen LogP contribution in [0.15, 0.2) is 18.2 Å². The molecule has 0 unspecified atom stereocenters. The van der Waals surface area contributed by atoms with Crippen molar-refractivity contribution in [2.24, 2.45) is 0 Å². The standard InChI is InChI=1S/C11H18NO2.Sn.4H/c1-12(2,3)10-8-9(13-4)6-7-11(10)14-5;;;;;/h6-8H,1-5H3;;;;;/q+1;;;;;. The summed E-state index contributed by atoms with van der Waals surface area (Å²) in [7, 11) is 9.63. The Bertz CT molecular complexity index is 321. The molecule has 4 heteroatoms. The van der Waals surface area contributed by atoms with Crippen molar-refractivity contribution < 1.29 is 9.47 Å². The molecular formula is C11H22NO2Sn+. The summed E-state index contributed by atoms with van der Waals surface area (Å²) in [4.78, 5) is 0. The van der Waals surface area contributed by atoms with Gasteiger partial charge in [-0.25, -0.2) is 0 Å². The summed E-state index contributed by atoms with van der Waals surface area (Å²) in [6.07, 6.45) is 0. The van der Waals surface area contributed by atoms with Gasteiger partial charge < -0.3 is 9.47 Å². The molecular weight excluding hydrogens is 297 g/mol. The van der Waals surface area contributed by atoms with Gasteiger partial charge in [-0.05, 0) is 12.1 Å². The van der Waals surface area contributed by atoms with E-state index >= 15 is 0 Å². The van der Waals surface area contributed by atoms with Crippen LogP contribution in [0.1, 0.15) is 0 Å². The maximum absolute atomic E-state index is 5.30. The van der Waals surface area contributed by atoms with Gasteiger partial charge in [0.1, 0.15) is 5.75 Å². The molecule has 0 aliphatic rings. The summed E-state index contributed by atoms with van der Waals surface area (Å²) in [5.41, 5.74) is 1.10. The fourth-order valence-corrected chi connectivity index (χ4v) is 1.32. The van der Waals surface area contributed by atoms with Gasteiger partial charge in [-0.3, -0.25) is 4.48 Å². The summed E-state index contributed by atoms with van der Waals surface area (Å²) in [5, 5.41) is 0. The second kappa shape index (κ2) is 5.60. The number of quaternary nitrogens is 1. The fraction of sp³-hybridized carbons (Fsp3) is 0.455. The van der Waals surface area contributed by atoms with Crippen LogP contribution in [-0.2, 0) is 0 Å². The molecule has 0 fully saturated rings. The van der Waals surface area contributed by atoms with Crippen molar-refractivity contribution in [3.05, 3.63) is 18.2 Å². The molecule has 0 saturated heterocycles. The zero-order chi connectivity index (χ0) is 10.8. The van der Waals surface area contributed by atoms with Crippen molar-refractivity contribution >= 4 is 29.6 Å². The molecule has 1 rings (SSSR count). The first-order chi connectivity index (χ1) is 6.49. The predicted octanol–water partition coefficient (Wildman–Crippen LogP) is 0.449. The molecule has 86 valence electrons. The number of hydrogen-bond donors (Lipinski definition) is 0. The molecule has 0 aliphatic heterocycles. The molecule has 0 aromatic heterocycles. The topological polar surface area (TPSA) is 18.5 Å². The number of nitrogens with zero attached hydrogens (tertiary/aromatic N) is 1. The molecule has 0 bridgehead atoms. The van der Waals surface area contributed by atoms with E-state index < -0.39 is 0 Å². The molecule has 1 aromatic carbocycles. The zero-order valence-corrected chi connectivity index (χ0v) is 9.50. The van der Waals surface area contributed by atoms with Gasteiger partial charge in [0.2, 0.25) is 0 Å². The summed E-state index contributed by atoms with van der Waals surface area (Å²) >= 11 is 0. The van der Waals surface area contributed by atoms with Gasteiger partial charge in [0.05, 0.1) is 35.4 Å². The molecule has 0 radical (unpaired) electrons. The summed E-state index contributed by atoms with van der Waals surface area (Å²) in [6, 6.07) is 5.83. The molecule has 3 nitrogen and oxygen atoms in total. The van der Waals surface area contributed by atoms with E-state index in [1.165, 1.54) is 0 Å². The van der Waals surface area contributed by atoms with Gasteiger partial charge in [-0.2, -0.15) is 0 Å². The molecule has 0 aliphatic carbocycles. The third-order valence-corrected chi connectivity index (χ3v) is 2.11. The van der Waals surface area contributed by atoms with Gasteiger partial charge in [0, 0.05) is 6.07 Å². The third kappa shape index (κ3) is 3.57. The minimum absolute atomic E-state index is 0. The van der Waals surface area contributed by atoms with Crippen molar-refractivity contribution in [2.75, 3.05) is 35.4 Å². The Balaban J connectivity index is 0.00000196. The number of hydrogen-bond acceptors (Lipinski definition) is 2. The first-order valence-corrected chi connectivity index (χ1v) is 4.53. The van der Waals surface area contributed by atoms with Gasteiger partial charge >= 0.3 is 23.9 Å². The third-order valence-electron chi connectivity index (χ3n) is 2.11. The van der Waals surface area contributed by atoms with E-state index in [1.807, 2.05) is 18.2 Å². The van der Waals surface area contributed by atoms with E-state index in [9.17, 15) is 0 Å². The van der Waals surface area contributed by atoms with E-state index in [4.69, 9.17) is 9.47 Å². The molecule has 1 aromatic rings. The molecule has 0 spiro atoms. The number of methoxy groups -OCH3 is 2.